The van der Waals surface area contributed by atoms with Crippen LogP contribution >= 0.6 is 0 Å². The van der Waals surface area contributed by atoms with Crippen molar-refractivity contribution in [2.45, 2.75) is 11.9 Å². The minimum Gasteiger partial charge on any atom is -0.487 e. The molecule has 5 aliphatic rings. The molecule has 0 saturated heterocycles. The van der Waals surface area contributed by atoms with Crippen molar-refractivity contribution in [3.8, 4) is 11.5 Å². The first kappa shape index (κ1) is 42.3. The van der Waals surface area contributed by atoms with Gasteiger partial charge in [-0.3, -0.25) is 0 Å². The summed E-state index contributed by atoms with van der Waals surface area (Å²) in [4.78, 5) is 9.54. The maximum Gasteiger partial charge on any atom is 0.256 e. The average Bonchev–Trinajstić information content (AvgIpc) is 3.51. The highest BCUT2D eigenvalue weighted by Crippen LogP contribution is 2.52. The van der Waals surface area contributed by atoms with E-state index in [1.165, 1.54) is 16.4 Å². The van der Waals surface area contributed by atoms with Crippen molar-refractivity contribution >= 4 is 104 Å². The molecule has 2 atom stereocenters. The third kappa shape index (κ3) is 6.68. The molecule has 4 aliphatic heterocycles. The van der Waals surface area contributed by atoms with Crippen LogP contribution in [-0.2, 0) is 0 Å². The number of hydrogen-bond donors (Lipinski definition) is 0. The molecule has 0 aromatic heterocycles. The Morgan fingerprint density at radius 2 is 0.784 bits per heavy atom. The summed E-state index contributed by atoms with van der Waals surface area (Å²) in [7, 11) is 0. The van der Waals surface area contributed by atoms with Crippen LogP contribution in [0.3, 0.4) is 0 Å². The molecule has 4 heterocycles. The summed E-state index contributed by atoms with van der Waals surface area (Å²) in [5, 5.41) is 0. The molecule has 0 bridgehead atoms. The van der Waals surface area contributed by atoms with Gasteiger partial charge in [0.25, 0.3) is 6.71 Å². The summed E-state index contributed by atoms with van der Waals surface area (Å²) in [5.41, 5.74) is 18.9. The van der Waals surface area contributed by atoms with Gasteiger partial charge in [0.2, 0.25) is 6.71 Å². The van der Waals surface area contributed by atoms with Crippen molar-refractivity contribution in [1.29, 1.82) is 0 Å². The van der Waals surface area contributed by atoms with Gasteiger partial charge in [-0.25, -0.2) is 0 Å². The first-order valence-corrected chi connectivity index (χ1v) is 25.6. The maximum absolute atomic E-state index is 7.60. The molecule has 15 rings (SSSR count). The van der Waals surface area contributed by atoms with Gasteiger partial charge < -0.3 is 29.1 Å². The largest absolute Gasteiger partial charge is 0.487 e. The normalized spacial score (nSPS) is 16.1. The number of anilines is 12. The van der Waals surface area contributed by atoms with Gasteiger partial charge in [-0.05, 0) is 137 Å². The van der Waals surface area contributed by atoms with Crippen LogP contribution in [0.4, 0.5) is 68.2 Å². The van der Waals surface area contributed by atoms with E-state index in [-0.39, 0.29) is 25.3 Å². The molecule has 348 valence electrons. The molecule has 8 heteroatoms. The van der Waals surface area contributed by atoms with Crippen LogP contribution in [-0.4, -0.2) is 19.5 Å². The second kappa shape index (κ2) is 17.1. The molecule has 0 radical (unpaired) electrons. The number of ether oxygens (including phenoxy) is 2. The lowest BCUT2D eigenvalue weighted by atomic mass is 9.28. The Balaban J connectivity index is 0.953. The van der Waals surface area contributed by atoms with Gasteiger partial charge in [-0.1, -0.05) is 146 Å². The van der Waals surface area contributed by atoms with Crippen molar-refractivity contribution in [2.24, 2.45) is 0 Å². The quantitative estimate of drug-likeness (QED) is 0.141. The number of allylic oxidation sites excluding steroid dienone is 1. The molecule has 10 aromatic carbocycles. The van der Waals surface area contributed by atoms with Crippen LogP contribution in [0.1, 0.15) is 0 Å². The molecule has 0 amide bonds. The zero-order valence-corrected chi connectivity index (χ0v) is 40.3. The van der Waals surface area contributed by atoms with Gasteiger partial charge >= 0.3 is 0 Å². The van der Waals surface area contributed by atoms with Crippen molar-refractivity contribution in [1.82, 2.24) is 0 Å². The van der Waals surface area contributed by atoms with Gasteiger partial charge in [0, 0.05) is 74.8 Å². The first-order valence-electron chi connectivity index (χ1n) is 25.6. The number of rotatable bonds is 8. The highest BCUT2D eigenvalue weighted by atomic mass is 16.5. The fourth-order valence-corrected chi connectivity index (χ4v) is 12.4. The second-order valence-corrected chi connectivity index (χ2v) is 19.6. The van der Waals surface area contributed by atoms with Gasteiger partial charge in [-0.15, -0.1) is 0 Å². The number of hydrogen-bond acceptors (Lipinski definition) is 6. The predicted molar refractivity (Wildman–Crippen MR) is 307 cm³/mol. The second-order valence-electron chi connectivity index (χ2n) is 19.6. The zero-order chi connectivity index (χ0) is 48.7. The van der Waals surface area contributed by atoms with Crippen LogP contribution in [0.15, 0.2) is 278 Å². The lowest BCUT2D eigenvalue weighted by Crippen LogP contribution is -2.60. The summed E-state index contributed by atoms with van der Waals surface area (Å²) < 4.78 is 15.1. The molecule has 1 aliphatic carbocycles. The van der Waals surface area contributed by atoms with Crippen molar-refractivity contribution in [3.63, 3.8) is 0 Å². The molecule has 6 nitrogen and oxygen atoms in total. The van der Waals surface area contributed by atoms with Crippen LogP contribution in [0.25, 0.3) is 0 Å². The summed E-state index contributed by atoms with van der Waals surface area (Å²) in [6, 6.07) is 91.2. The Morgan fingerprint density at radius 1 is 0.365 bits per heavy atom. The smallest absolute Gasteiger partial charge is 0.256 e. The minimum absolute atomic E-state index is 0.0399. The zero-order valence-electron chi connectivity index (χ0n) is 40.3. The van der Waals surface area contributed by atoms with E-state index in [2.05, 4.69) is 287 Å². The predicted octanol–water partition coefficient (Wildman–Crippen LogP) is 14.0. The lowest BCUT2D eigenvalue weighted by molar-refractivity contribution is 0.242. The molecular formula is C66H46B2N4O2. The molecule has 0 saturated carbocycles. The third-order valence-electron chi connectivity index (χ3n) is 15.4. The summed E-state index contributed by atoms with van der Waals surface area (Å²) >= 11 is 0. The Morgan fingerprint density at radius 3 is 1.30 bits per heavy atom. The SMILES string of the molecule is C1=C2Oc3cc(N(c4ccccc4)c4ccccc4)cc4c3B(C2=CC2Oc3cc(N(c5ccccc5)c5ccccc5)cc5c3B(c3ccccc3N5c3ccccc3)C12)c1ccccc1N4c1ccccc1. The number of para-hydroxylation sites is 8. The minimum atomic E-state index is -0.300. The van der Waals surface area contributed by atoms with Gasteiger partial charge in [0.05, 0.1) is 11.4 Å². The highest BCUT2D eigenvalue weighted by Gasteiger charge is 2.52. The summed E-state index contributed by atoms with van der Waals surface area (Å²) in [5.74, 6) is 2.53. The Hall–Kier alpha value is -9.39. The summed E-state index contributed by atoms with van der Waals surface area (Å²) in [6.07, 6.45) is 4.52. The molecule has 10 aromatic rings. The average molecular weight is 949 g/mol. The topological polar surface area (TPSA) is 31.4 Å². The van der Waals surface area contributed by atoms with E-state index >= 15 is 0 Å². The van der Waals surface area contributed by atoms with Crippen molar-refractivity contribution < 1.29 is 9.47 Å². The molecule has 74 heavy (non-hydrogen) atoms. The van der Waals surface area contributed by atoms with E-state index < -0.39 is 0 Å². The third-order valence-corrected chi connectivity index (χ3v) is 15.4. The fraction of sp³-hybridized carbons (Fsp3) is 0.0303. The molecule has 0 N–H and O–H groups in total. The molecule has 0 fully saturated rings. The van der Waals surface area contributed by atoms with Crippen LogP contribution in [0, 0.1) is 0 Å². The van der Waals surface area contributed by atoms with Crippen LogP contribution in [0.2, 0.25) is 5.82 Å². The monoisotopic (exact) mass is 948 g/mol. The van der Waals surface area contributed by atoms with E-state index in [0.29, 0.717) is 0 Å². The number of fused-ring (bicyclic) bond motifs is 8. The molecule has 2 unspecified atom stereocenters. The standard InChI is InChI=1S/C66H46B2N4O2/c1-7-23-45(24-8-1)69(46-25-9-2-10-26-46)51-39-59-65-63(41-51)73-61-43-56-62(44-55(61)67(65)53-35-19-21-37-57(53)71(59)49-31-15-5-16-32-49)74-64-42-52(70(47-27-11-3-12-28-47)48-29-13-4-14-30-48)40-60-66(64)68(56)54-36-20-22-38-58(54)72(60)50-33-17-6-18-34-50/h1-44,55,61H. The number of benzene rings is 10. The van der Waals surface area contributed by atoms with E-state index in [4.69, 9.17) is 9.47 Å². The Bertz CT molecular complexity index is 3760. The molecular weight excluding hydrogens is 902 g/mol. The van der Waals surface area contributed by atoms with E-state index in [1.54, 1.807) is 0 Å². The Labute approximate surface area is 432 Å². The Kier molecular flexibility index (Phi) is 9.80. The summed E-state index contributed by atoms with van der Waals surface area (Å²) in [6.45, 7) is -0.166. The molecule has 0 spiro atoms. The maximum atomic E-state index is 7.60. The van der Waals surface area contributed by atoms with Gasteiger partial charge in [0.1, 0.15) is 23.4 Å². The van der Waals surface area contributed by atoms with Crippen molar-refractivity contribution in [2.75, 3.05) is 19.6 Å². The first-order chi connectivity index (χ1) is 36.7. The fourth-order valence-electron chi connectivity index (χ4n) is 12.4. The van der Waals surface area contributed by atoms with Gasteiger partial charge in [-0.2, -0.15) is 0 Å². The van der Waals surface area contributed by atoms with Crippen molar-refractivity contribution in [3.05, 3.63) is 278 Å². The number of nitrogens with zero attached hydrogens (tertiary/aromatic N) is 4. The van der Waals surface area contributed by atoms with E-state index in [9.17, 15) is 0 Å². The van der Waals surface area contributed by atoms with Crippen LogP contribution < -0.4 is 50.9 Å². The van der Waals surface area contributed by atoms with Gasteiger partial charge in [0.15, 0.2) is 0 Å². The van der Waals surface area contributed by atoms with E-state index in [1.807, 2.05) is 0 Å². The van der Waals surface area contributed by atoms with E-state index in [0.717, 1.165) is 96.4 Å². The van der Waals surface area contributed by atoms with Crippen LogP contribution in [0.5, 0.6) is 11.5 Å². The lowest BCUT2D eigenvalue weighted by Gasteiger charge is -2.47. The highest BCUT2D eigenvalue weighted by molar-refractivity contribution is 6.95.